The van der Waals surface area contributed by atoms with Gasteiger partial charge in [-0.15, -0.1) is 0 Å². The molecule has 0 bridgehead atoms. The molecule has 1 aliphatic rings. The van der Waals surface area contributed by atoms with E-state index in [4.69, 9.17) is 5.73 Å². The second-order valence-corrected chi connectivity index (χ2v) is 5.79. The van der Waals surface area contributed by atoms with Crippen molar-refractivity contribution in [3.63, 3.8) is 0 Å². The number of nitrogens with zero attached hydrogens (tertiary/aromatic N) is 1. The second-order valence-electron chi connectivity index (χ2n) is 3.96. The summed E-state index contributed by atoms with van der Waals surface area (Å²) in [6.45, 7) is 1.91. The number of amides is 2. The Morgan fingerprint density at radius 1 is 1.39 bits per heavy atom. The molecule has 0 radical (unpaired) electrons. The zero-order valence-electron chi connectivity index (χ0n) is 9.71. The Bertz CT molecular complexity index is 636. The molecule has 0 unspecified atom stereocenters. The molecule has 2 N–H and O–H groups in total. The number of benzene rings is 1. The molecule has 0 spiro atoms. The minimum Gasteiger partial charge on any atom is -0.366 e. The summed E-state index contributed by atoms with van der Waals surface area (Å²) in [6, 6.07) is 3.83. The fourth-order valence-electron chi connectivity index (χ4n) is 1.85. The van der Waals surface area contributed by atoms with Gasteiger partial charge in [-0.25, -0.2) is 12.7 Å². The highest BCUT2D eigenvalue weighted by molar-refractivity contribution is 7.90. The molecule has 1 heterocycles. The third-order valence-corrected chi connectivity index (χ3v) is 4.54. The third kappa shape index (κ3) is 1.67. The van der Waals surface area contributed by atoms with Gasteiger partial charge in [-0.2, -0.15) is 0 Å². The molecule has 2 rings (SSSR count). The van der Waals surface area contributed by atoms with E-state index in [0.29, 0.717) is 6.42 Å². The molecular weight excluding hydrogens is 256 g/mol. The van der Waals surface area contributed by atoms with Crippen molar-refractivity contribution in [2.45, 2.75) is 18.2 Å². The first-order valence-electron chi connectivity index (χ1n) is 5.40. The predicted octanol–water partition coefficient (Wildman–Crippen LogP) is 0.340. The van der Waals surface area contributed by atoms with Crippen molar-refractivity contribution in [3.05, 3.63) is 29.3 Å². The highest BCUT2D eigenvalue weighted by Crippen LogP contribution is 2.30. The van der Waals surface area contributed by atoms with E-state index in [1.807, 2.05) is 0 Å². The summed E-state index contributed by atoms with van der Waals surface area (Å²) >= 11 is 0. The Morgan fingerprint density at radius 2 is 2.06 bits per heavy atom. The van der Waals surface area contributed by atoms with E-state index in [1.165, 1.54) is 12.1 Å². The highest BCUT2D eigenvalue weighted by atomic mass is 32.2. The van der Waals surface area contributed by atoms with E-state index in [0.717, 1.165) is 10.4 Å². The predicted molar refractivity (Wildman–Crippen MR) is 63.5 cm³/mol. The van der Waals surface area contributed by atoms with Gasteiger partial charge in [0.1, 0.15) is 4.90 Å². The lowest BCUT2D eigenvalue weighted by molar-refractivity contribution is 0.0870. The quantitative estimate of drug-likeness (QED) is 0.854. The van der Waals surface area contributed by atoms with Crippen LogP contribution in [0.2, 0.25) is 0 Å². The van der Waals surface area contributed by atoms with Gasteiger partial charge in [0.05, 0.1) is 5.56 Å². The molecule has 1 aromatic rings. The number of sulfonamides is 1. The van der Waals surface area contributed by atoms with Gasteiger partial charge in [0.2, 0.25) is 5.91 Å². The summed E-state index contributed by atoms with van der Waals surface area (Å²) in [5.41, 5.74) is 5.26. The van der Waals surface area contributed by atoms with Gasteiger partial charge in [-0.05, 0) is 24.6 Å². The molecule has 1 aromatic carbocycles. The van der Waals surface area contributed by atoms with Crippen molar-refractivity contribution in [2.75, 3.05) is 6.54 Å². The van der Waals surface area contributed by atoms with Crippen LogP contribution in [0, 0.1) is 0 Å². The zero-order chi connectivity index (χ0) is 13.5. The van der Waals surface area contributed by atoms with Crippen molar-refractivity contribution in [1.82, 2.24) is 4.31 Å². The maximum atomic E-state index is 12.1. The van der Waals surface area contributed by atoms with E-state index in [2.05, 4.69) is 0 Å². The van der Waals surface area contributed by atoms with E-state index < -0.39 is 21.8 Å². The smallest absolute Gasteiger partial charge is 0.269 e. The molecule has 96 valence electrons. The molecule has 18 heavy (non-hydrogen) atoms. The van der Waals surface area contributed by atoms with Gasteiger partial charge in [0.15, 0.2) is 0 Å². The minimum absolute atomic E-state index is 0.0727. The summed E-state index contributed by atoms with van der Waals surface area (Å²) in [4.78, 5) is 22.8. The van der Waals surface area contributed by atoms with Crippen LogP contribution in [0.15, 0.2) is 23.1 Å². The molecule has 0 aromatic heterocycles. The molecule has 0 aliphatic carbocycles. The summed E-state index contributed by atoms with van der Waals surface area (Å²) in [7, 11) is -3.84. The van der Waals surface area contributed by atoms with E-state index in [-0.39, 0.29) is 22.6 Å². The van der Waals surface area contributed by atoms with Crippen LogP contribution in [0.1, 0.15) is 34.1 Å². The summed E-state index contributed by atoms with van der Waals surface area (Å²) < 4.78 is 25.0. The van der Waals surface area contributed by atoms with Gasteiger partial charge >= 0.3 is 0 Å². The fourth-order valence-corrected chi connectivity index (χ4v) is 3.54. The van der Waals surface area contributed by atoms with Crippen LogP contribution in [0.25, 0.3) is 0 Å². The zero-order valence-corrected chi connectivity index (χ0v) is 10.5. The highest BCUT2D eigenvalue weighted by Gasteiger charge is 2.40. The van der Waals surface area contributed by atoms with Crippen molar-refractivity contribution in [2.24, 2.45) is 5.73 Å². The molecule has 1 aliphatic heterocycles. The Balaban J connectivity index is 2.62. The number of carbonyl (C=O) groups excluding carboxylic acids is 2. The summed E-state index contributed by atoms with van der Waals surface area (Å²) in [5, 5.41) is 0. The van der Waals surface area contributed by atoms with Gasteiger partial charge < -0.3 is 5.73 Å². The number of nitrogens with two attached hydrogens (primary N) is 1. The van der Waals surface area contributed by atoms with Gasteiger partial charge in [-0.3, -0.25) is 9.59 Å². The Kier molecular flexibility index (Phi) is 2.86. The SMILES string of the molecule is CCCN1C(=O)c2ccc(C(N)=O)cc2S1(=O)=O. The fraction of sp³-hybridized carbons (Fsp3) is 0.273. The molecule has 0 saturated carbocycles. The first-order valence-corrected chi connectivity index (χ1v) is 6.84. The molecule has 7 heteroatoms. The lowest BCUT2D eigenvalue weighted by Gasteiger charge is -2.12. The van der Waals surface area contributed by atoms with E-state index in [1.54, 1.807) is 6.92 Å². The molecule has 0 atom stereocenters. The lowest BCUT2D eigenvalue weighted by atomic mass is 10.1. The molecule has 0 fully saturated rings. The first kappa shape index (κ1) is 12.6. The standard InChI is InChI=1S/C11H12N2O4S/c1-2-5-13-11(15)8-4-3-7(10(12)14)6-9(8)18(13,16)17/h3-4,6H,2,5H2,1H3,(H2,12,14). The largest absolute Gasteiger partial charge is 0.366 e. The number of primary amides is 1. The average molecular weight is 268 g/mol. The van der Waals surface area contributed by atoms with Crippen LogP contribution >= 0.6 is 0 Å². The van der Waals surface area contributed by atoms with Crippen LogP contribution in [-0.2, 0) is 10.0 Å². The van der Waals surface area contributed by atoms with Crippen LogP contribution in [0.3, 0.4) is 0 Å². The average Bonchev–Trinajstić information content (AvgIpc) is 2.51. The number of hydrogen-bond donors (Lipinski definition) is 1. The maximum Gasteiger partial charge on any atom is 0.269 e. The Labute approximate surface area is 104 Å². The number of carbonyl (C=O) groups is 2. The van der Waals surface area contributed by atoms with E-state index in [9.17, 15) is 18.0 Å². The van der Waals surface area contributed by atoms with Crippen molar-refractivity contribution >= 4 is 21.8 Å². The minimum atomic E-state index is -3.84. The second kappa shape index (κ2) is 4.09. The molecule has 0 saturated heterocycles. The van der Waals surface area contributed by atoms with Crippen molar-refractivity contribution < 1.29 is 18.0 Å². The maximum absolute atomic E-state index is 12.1. The normalized spacial score (nSPS) is 16.7. The first-order chi connectivity index (χ1) is 8.39. The Morgan fingerprint density at radius 3 is 2.61 bits per heavy atom. The molecular formula is C11H12N2O4S. The number of rotatable bonds is 3. The third-order valence-electron chi connectivity index (χ3n) is 2.72. The van der Waals surface area contributed by atoms with Gasteiger partial charge in [-0.1, -0.05) is 6.92 Å². The summed E-state index contributed by atoms with van der Waals surface area (Å²) in [5.74, 6) is -1.28. The topological polar surface area (TPSA) is 97.5 Å². The van der Waals surface area contributed by atoms with Crippen molar-refractivity contribution in [1.29, 1.82) is 0 Å². The molecule has 2 amide bonds. The van der Waals surface area contributed by atoms with Gasteiger partial charge in [0, 0.05) is 12.1 Å². The van der Waals surface area contributed by atoms with E-state index >= 15 is 0 Å². The lowest BCUT2D eigenvalue weighted by Crippen LogP contribution is -2.30. The monoisotopic (exact) mass is 268 g/mol. The number of fused-ring (bicyclic) bond motifs is 1. The van der Waals surface area contributed by atoms with Crippen LogP contribution in [0.4, 0.5) is 0 Å². The Hall–Kier alpha value is -1.89. The molecule has 6 nitrogen and oxygen atoms in total. The van der Waals surface area contributed by atoms with Gasteiger partial charge in [0.25, 0.3) is 15.9 Å². The van der Waals surface area contributed by atoms with Crippen LogP contribution in [-0.4, -0.2) is 31.1 Å². The summed E-state index contributed by atoms with van der Waals surface area (Å²) in [6.07, 6.45) is 0.529. The number of hydrogen-bond acceptors (Lipinski definition) is 4. The van der Waals surface area contributed by atoms with Crippen molar-refractivity contribution in [3.8, 4) is 0 Å². The van der Waals surface area contributed by atoms with Crippen LogP contribution < -0.4 is 5.73 Å². The van der Waals surface area contributed by atoms with Crippen LogP contribution in [0.5, 0.6) is 0 Å².